The molecule has 0 saturated carbocycles. The summed E-state index contributed by atoms with van der Waals surface area (Å²) >= 11 is 0. The third-order valence-electron chi connectivity index (χ3n) is 6.58. The van der Waals surface area contributed by atoms with E-state index in [9.17, 15) is 9.18 Å². The molecule has 1 aromatic carbocycles. The lowest BCUT2D eigenvalue weighted by atomic mass is 10.1. The molecule has 1 aliphatic rings. The summed E-state index contributed by atoms with van der Waals surface area (Å²) in [5, 5.41) is 7.60. The fraction of sp³-hybridized carbons (Fsp3) is 0.222. The summed E-state index contributed by atoms with van der Waals surface area (Å²) in [7, 11) is 1.91. The summed E-state index contributed by atoms with van der Waals surface area (Å²) in [5.74, 6) is 1.33. The number of rotatable bonds is 5. The number of hydrogen-bond acceptors (Lipinski definition) is 7. The molecule has 1 aliphatic heterocycles. The zero-order chi connectivity index (χ0) is 26.2. The highest BCUT2D eigenvalue weighted by atomic mass is 19.1. The molecular formula is C27H25FN8O2. The van der Waals surface area contributed by atoms with Crippen LogP contribution in [0, 0.1) is 12.7 Å². The minimum atomic E-state index is -0.306. The van der Waals surface area contributed by atoms with Crippen LogP contribution in [-0.4, -0.2) is 61.3 Å². The van der Waals surface area contributed by atoms with Crippen LogP contribution in [0.3, 0.4) is 0 Å². The second kappa shape index (κ2) is 9.67. The first-order chi connectivity index (χ1) is 18.5. The Bertz CT molecular complexity index is 1640. The number of imidazole rings is 2. The van der Waals surface area contributed by atoms with Gasteiger partial charge < -0.3 is 19.5 Å². The first-order valence-corrected chi connectivity index (χ1v) is 12.2. The van der Waals surface area contributed by atoms with Crippen molar-refractivity contribution in [2.75, 3.05) is 36.5 Å². The van der Waals surface area contributed by atoms with Gasteiger partial charge in [-0.25, -0.2) is 23.9 Å². The first-order valence-electron chi connectivity index (χ1n) is 12.2. The third-order valence-corrected chi connectivity index (χ3v) is 6.58. The SMILES string of the molecule is Cc1nc(-c2ccc(F)cc2)c(-c2ccc3nc(NC(=O)c4ccnc(N5CCOCC5)c4)cn3n2)n1C. The number of fused-ring (bicyclic) bond motifs is 1. The van der Waals surface area contributed by atoms with E-state index in [1.54, 1.807) is 41.2 Å². The first kappa shape index (κ1) is 23.7. The summed E-state index contributed by atoms with van der Waals surface area (Å²) in [6.07, 6.45) is 3.30. The van der Waals surface area contributed by atoms with Gasteiger partial charge in [0.25, 0.3) is 5.91 Å². The predicted molar refractivity (Wildman–Crippen MR) is 141 cm³/mol. The molecular weight excluding hydrogens is 487 g/mol. The van der Waals surface area contributed by atoms with Gasteiger partial charge in [-0.3, -0.25) is 4.79 Å². The van der Waals surface area contributed by atoms with Crippen LogP contribution >= 0.6 is 0 Å². The van der Waals surface area contributed by atoms with Crippen LogP contribution in [0.2, 0.25) is 0 Å². The van der Waals surface area contributed by atoms with Crippen LogP contribution in [0.5, 0.6) is 0 Å². The van der Waals surface area contributed by atoms with Crippen LogP contribution in [0.25, 0.3) is 28.3 Å². The fourth-order valence-corrected chi connectivity index (χ4v) is 4.49. The molecule has 1 amide bonds. The van der Waals surface area contributed by atoms with Gasteiger partial charge in [0, 0.05) is 37.5 Å². The number of morpholine rings is 1. The Morgan fingerprint density at radius 2 is 1.84 bits per heavy atom. The van der Waals surface area contributed by atoms with Gasteiger partial charge in [0.15, 0.2) is 11.5 Å². The molecule has 5 heterocycles. The lowest BCUT2D eigenvalue weighted by molar-refractivity contribution is 0.102. The second-order valence-corrected chi connectivity index (χ2v) is 9.03. The van der Waals surface area contributed by atoms with Gasteiger partial charge in [-0.1, -0.05) is 0 Å². The molecule has 1 N–H and O–H groups in total. The van der Waals surface area contributed by atoms with Crippen molar-refractivity contribution in [1.82, 2.24) is 29.1 Å². The topological polar surface area (TPSA) is 102 Å². The van der Waals surface area contributed by atoms with Crippen LogP contribution in [0.4, 0.5) is 16.0 Å². The fourth-order valence-electron chi connectivity index (χ4n) is 4.49. The summed E-state index contributed by atoms with van der Waals surface area (Å²) in [5.41, 5.74) is 4.03. The molecule has 0 atom stereocenters. The number of ether oxygens (including phenoxy) is 1. The average Bonchev–Trinajstić information content (AvgIpc) is 3.48. The Labute approximate surface area is 217 Å². The lowest BCUT2D eigenvalue weighted by Crippen LogP contribution is -2.36. The molecule has 192 valence electrons. The Hall–Kier alpha value is -4.64. The van der Waals surface area contributed by atoms with Crippen LogP contribution in [-0.2, 0) is 11.8 Å². The maximum atomic E-state index is 13.5. The normalized spacial score (nSPS) is 13.7. The molecule has 10 nitrogen and oxygen atoms in total. The van der Waals surface area contributed by atoms with E-state index in [4.69, 9.17) is 9.84 Å². The number of carbonyl (C=O) groups excluding carboxylic acids is 1. The molecule has 0 unspecified atom stereocenters. The van der Waals surface area contributed by atoms with E-state index in [-0.39, 0.29) is 11.7 Å². The molecule has 0 aliphatic carbocycles. The lowest BCUT2D eigenvalue weighted by Gasteiger charge is -2.27. The molecule has 6 rings (SSSR count). The molecule has 1 saturated heterocycles. The van der Waals surface area contributed by atoms with Crippen molar-refractivity contribution in [3.05, 3.63) is 78.1 Å². The number of amides is 1. The van der Waals surface area contributed by atoms with E-state index >= 15 is 0 Å². The molecule has 4 aromatic heterocycles. The van der Waals surface area contributed by atoms with Gasteiger partial charge in [0.2, 0.25) is 0 Å². The molecule has 5 aromatic rings. The van der Waals surface area contributed by atoms with Gasteiger partial charge in [-0.15, -0.1) is 0 Å². The smallest absolute Gasteiger partial charge is 0.257 e. The number of aromatic nitrogens is 6. The molecule has 11 heteroatoms. The number of aryl methyl sites for hydroxylation is 1. The van der Waals surface area contributed by atoms with Crippen molar-refractivity contribution < 1.29 is 13.9 Å². The van der Waals surface area contributed by atoms with Crippen LogP contribution in [0.15, 0.2) is 60.9 Å². The number of pyridine rings is 1. The number of hydrogen-bond donors (Lipinski definition) is 1. The summed E-state index contributed by atoms with van der Waals surface area (Å²) in [6, 6.07) is 13.4. The van der Waals surface area contributed by atoms with E-state index in [0.717, 1.165) is 36.0 Å². The van der Waals surface area contributed by atoms with E-state index < -0.39 is 0 Å². The Balaban J connectivity index is 1.28. The zero-order valence-corrected chi connectivity index (χ0v) is 20.9. The molecule has 0 radical (unpaired) electrons. The number of nitrogens with one attached hydrogen (secondary N) is 1. The highest BCUT2D eigenvalue weighted by Crippen LogP contribution is 2.31. The van der Waals surface area contributed by atoms with Crippen LogP contribution in [0.1, 0.15) is 16.2 Å². The minimum absolute atomic E-state index is 0.286. The monoisotopic (exact) mass is 512 g/mol. The van der Waals surface area contributed by atoms with Crippen molar-refractivity contribution in [3.63, 3.8) is 0 Å². The summed E-state index contributed by atoms with van der Waals surface area (Å²) < 4.78 is 22.5. The quantitative estimate of drug-likeness (QED) is 0.383. The highest BCUT2D eigenvalue weighted by Gasteiger charge is 2.19. The number of nitrogens with zero attached hydrogens (tertiary/aromatic N) is 7. The van der Waals surface area contributed by atoms with E-state index in [1.807, 2.05) is 30.7 Å². The van der Waals surface area contributed by atoms with Gasteiger partial charge in [0.05, 0.1) is 30.8 Å². The van der Waals surface area contributed by atoms with E-state index in [1.165, 1.54) is 12.1 Å². The number of anilines is 2. The maximum absolute atomic E-state index is 13.5. The van der Waals surface area contributed by atoms with Crippen molar-refractivity contribution in [1.29, 1.82) is 0 Å². The van der Waals surface area contributed by atoms with Crippen LogP contribution < -0.4 is 10.2 Å². The van der Waals surface area contributed by atoms with Gasteiger partial charge in [-0.2, -0.15) is 5.10 Å². The Morgan fingerprint density at radius 3 is 2.63 bits per heavy atom. The third kappa shape index (κ3) is 4.48. The zero-order valence-electron chi connectivity index (χ0n) is 20.9. The molecule has 0 spiro atoms. The number of benzene rings is 1. The second-order valence-electron chi connectivity index (χ2n) is 9.03. The highest BCUT2D eigenvalue weighted by molar-refractivity contribution is 6.04. The largest absolute Gasteiger partial charge is 0.378 e. The standard InChI is InChI=1S/C27H25FN8O2/c1-17-30-25(18-3-5-20(28)6-4-18)26(34(17)2)21-7-8-23-31-22(16-36(23)33-21)32-27(37)19-9-10-29-24(15-19)35-11-13-38-14-12-35/h3-10,15-16H,11-14H2,1-2H3,(H,32,37). The molecule has 0 bridgehead atoms. The average molecular weight is 513 g/mol. The minimum Gasteiger partial charge on any atom is -0.378 e. The van der Waals surface area contributed by atoms with Gasteiger partial charge in [0.1, 0.15) is 23.2 Å². The molecule has 38 heavy (non-hydrogen) atoms. The predicted octanol–water partition coefficient (Wildman–Crippen LogP) is 3.73. The van der Waals surface area contributed by atoms with Crippen molar-refractivity contribution >= 4 is 23.2 Å². The Kier molecular flexibility index (Phi) is 6.04. The summed E-state index contributed by atoms with van der Waals surface area (Å²) in [6.45, 7) is 4.65. The van der Waals surface area contributed by atoms with Gasteiger partial charge in [-0.05, 0) is 55.5 Å². The number of carbonyl (C=O) groups is 1. The van der Waals surface area contributed by atoms with Gasteiger partial charge >= 0.3 is 0 Å². The van der Waals surface area contributed by atoms with Crippen molar-refractivity contribution in [2.24, 2.45) is 7.05 Å². The van der Waals surface area contributed by atoms with E-state index in [0.29, 0.717) is 41.6 Å². The molecule has 1 fully saturated rings. The van der Waals surface area contributed by atoms with Crippen molar-refractivity contribution in [3.8, 4) is 22.6 Å². The van der Waals surface area contributed by atoms with Crippen molar-refractivity contribution in [2.45, 2.75) is 6.92 Å². The summed E-state index contributed by atoms with van der Waals surface area (Å²) in [4.78, 5) is 28.7. The van der Waals surface area contributed by atoms with E-state index in [2.05, 4.69) is 25.2 Å². The number of halogens is 1. The maximum Gasteiger partial charge on any atom is 0.257 e. The Morgan fingerprint density at radius 1 is 1.05 bits per heavy atom.